The third kappa shape index (κ3) is 5.81. The van der Waals surface area contributed by atoms with Crippen molar-refractivity contribution in [2.75, 3.05) is 12.4 Å². The Hall–Kier alpha value is -2.77. The van der Waals surface area contributed by atoms with Crippen molar-refractivity contribution in [2.24, 2.45) is 5.73 Å². The summed E-state index contributed by atoms with van der Waals surface area (Å²) in [6.07, 6.45) is -0.194. The van der Waals surface area contributed by atoms with Crippen LogP contribution in [0.1, 0.15) is 12.8 Å². The molecule has 114 valence electrons. The normalized spacial score (nSPS) is 11.3. The van der Waals surface area contributed by atoms with Gasteiger partial charge in [-0.2, -0.15) is 0 Å². The van der Waals surface area contributed by atoms with E-state index >= 15 is 0 Å². The van der Waals surface area contributed by atoms with Crippen LogP contribution in [0.3, 0.4) is 0 Å². The third-order valence-corrected chi connectivity index (χ3v) is 2.63. The lowest BCUT2D eigenvalue weighted by molar-refractivity contribution is -0.139. The Bertz CT molecular complexity index is 515. The van der Waals surface area contributed by atoms with E-state index in [1.165, 1.54) is 7.11 Å². The maximum Gasteiger partial charge on any atom is 0.326 e. The summed E-state index contributed by atoms with van der Waals surface area (Å²) in [6.45, 7) is 0. The number of benzene rings is 1. The number of ether oxygens (including phenoxy) is 1. The Morgan fingerprint density at radius 3 is 2.38 bits per heavy atom. The van der Waals surface area contributed by atoms with Crippen LogP contribution < -0.4 is 21.1 Å². The first kappa shape index (κ1) is 16.3. The van der Waals surface area contributed by atoms with E-state index < -0.39 is 23.9 Å². The van der Waals surface area contributed by atoms with Gasteiger partial charge in [-0.3, -0.25) is 4.79 Å². The van der Waals surface area contributed by atoms with Crippen molar-refractivity contribution in [3.63, 3.8) is 0 Å². The zero-order chi connectivity index (χ0) is 15.8. The van der Waals surface area contributed by atoms with Crippen LogP contribution in [-0.2, 0) is 9.59 Å². The molecular formula is C13H17N3O5. The predicted octanol–water partition coefficient (Wildman–Crippen LogP) is 0.535. The van der Waals surface area contributed by atoms with E-state index in [9.17, 15) is 14.4 Å². The lowest BCUT2D eigenvalue weighted by Crippen LogP contribution is -2.43. The Kier molecular flexibility index (Phi) is 5.99. The lowest BCUT2D eigenvalue weighted by Gasteiger charge is -2.14. The zero-order valence-corrected chi connectivity index (χ0v) is 11.5. The molecular weight excluding hydrogens is 278 g/mol. The van der Waals surface area contributed by atoms with E-state index in [1.807, 2.05) is 0 Å². The molecule has 0 bridgehead atoms. The molecule has 1 aromatic rings. The van der Waals surface area contributed by atoms with Gasteiger partial charge < -0.3 is 26.2 Å². The fraction of sp³-hybridized carbons (Fsp3) is 0.308. The average Bonchev–Trinajstić information content (AvgIpc) is 2.43. The van der Waals surface area contributed by atoms with Gasteiger partial charge in [0.2, 0.25) is 5.91 Å². The second-order valence-electron chi connectivity index (χ2n) is 4.22. The van der Waals surface area contributed by atoms with E-state index in [4.69, 9.17) is 15.6 Å². The highest BCUT2D eigenvalue weighted by atomic mass is 16.5. The van der Waals surface area contributed by atoms with E-state index in [0.29, 0.717) is 11.4 Å². The first-order valence-electron chi connectivity index (χ1n) is 6.15. The molecule has 0 saturated heterocycles. The Morgan fingerprint density at radius 1 is 1.29 bits per heavy atom. The van der Waals surface area contributed by atoms with Crippen molar-refractivity contribution in [3.05, 3.63) is 24.3 Å². The summed E-state index contributed by atoms with van der Waals surface area (Å²) >= 11 is 0. The van der Waals surface area contributed by atoms with Crippen molar-refractivity contribution in [3.8, 4) is 5.75 Å². The number of hydrogen-bond acceptors (Lipinski definition) is 4. The van der Waals surface area contributed by atoms with Gasteiger partial charge in [-0.05, 0) is 30.7 Å². The molecule has 0 unspecified atom stereocenters. The first-order valence-corrected chi connectivity index (χ1v) is 6.15. The van der Waals surface area contributed by atoms with Gasteiger partial charge in [0.1, 0.15) is 11.8 Å². The monoisotopic (exact) mass is 295 g/mol. The number of carbonyl (C=O) groups is 3. The van der Waals surface area contributed by atoms with Crippen LogP contribution in [0.2, 0.25) is 0 Å². The van der Waals surface area contributed by atoms with Crippen LogP contribution in [0.25, 0.3) is 0 Å². The number of rotatable bonds is 7. The molecule has 3 amide bonds. The van der Waals surface area contributed by atoms with Crippen molar-refractivity contribution >= 4 is 23.6 Å². The average molecular weight is 295 g/mol. The topological polar surface area (TPSA) is 131 Å². The number of carboxylic acids is 1. The van der Waals surface area contributed by atoms with Gasteiger partial charge in [0, 0.05) is 12.1 Å². The van der Waals surface area contributed by atoms with E-state index in [0.717, 1.165) is 0 Å². The fourth-order valence-electron chi connectivity index (χ4n) is 1.54. The number of aliphatic carboxylic acids is 1. The van der Waals surface area contributed by atoms with Crippen molar-refractivity contribution in [1.29, 1.82) is 0 Å². The van der Waals surface area contributed by atoms with E-state index in [2.05, 4.69) is 10.6 Å². The predicted molar refractivity (Wildman–Crippen MR) is 75.0 cm³/mol. The van der Waals surface area contributed by atoms with Crippen molar-refractivity contribution < 1.29 is 24.2 Å². The number of nitrogens with one attached hydrogen (secondary N) is 2. The molecule has 0 spiro atoms. The summed E-state index contributed by atoms with van der Waals surface area (Å²) in [5.74, 6) is -1.23. The largest absolute Gasteiger partial charge is 0.497 e. The second-order valence-corrected chi connectivity index (χ2v) is 4.22. The zero-order valence-electron chi connectivity index (χ0n) is 11.5. The number of nitrogens with two attached hydrogens (primary N) is 1. The summed E-state index contributed by atoms with van der Waals surface area (Å²) in [5, 5.41) is 13.7. The SMILES string of the molecule is COc1ccc(NC(=O)N[C@@H](CCC(N)=O)C(=O)O)cc1. The van der Waals surface area contributed by atoms with E-state index in [-0.39, 0.29) is 12.8 Å². The number of carbonyl (C=O) groups excluding carboxylic acids is 2. The van der Waals surface area contributed by atoms with Crippen LogP contribution in [0, 0.1) is 0 Å². The number of urea groups is 1. The smallest absolute Gasteiger partial charge is 0.326 e. The standard InChI is InChI=1S/C13H17N3O5/c1-21-9-4-2-8(3-5-9)15-13(20)16-10(12(18)19)6-7-11(14)17/h2-5,10H,6-7H2,1H3,(H2,14,17)(H,18,19)(H2,15,16,20)/t10-/m0/s1. The molecule has 5 N–H and O–H groups in total. The molecule has 0 aromatic heterocycles. The molecule has 0 radical (unpaired) electrons. The Morgan fingerprint density at radius 2 is 1.90 bits per heavy atom. The van der Waals surface area contributed by atoms with Crippen LogP contribution in [0.4, 0.5) is 10.5 Å². The molecule has 0 heterocycles. The van der Waals surface area contributed by atoms with Crippen molar-refractivity contribution in [1.82, 2.24) is 5.32 Å². The van der Waals surface area contributed by atoms with Gasteiger partial charge in [0.05, 0.1) is 7.11 Å². The fourth-order valence-corrected chi connectivity index (χ4v) is 1.54. The molecule has 0 aliphatic carbocycles. The molecule has 0 fully saturated rings. The molecule has 0 saturated carbocycles. The molecule has 0 aliphatic heterocycles. The summed E-state index contributed by atoms with van der Waals surface area (Å²) in [5.41, 5.74) is 5.43. The molecule has 21 heavy (non-hydrogen) atoms. The summed E-state index contributed by atoms with van der Waals surface area (Å²) in [7, 11) is 1.52. The Balaban J connectivity index is 2.56. The minimum Gasteiger partial charge on any atom is -0.497 e. The van der Waals surface area contributed by atoms with Gasteiger partial charge in [0.25, 0.3) is 0 Å². The van der Waals surface area contributed by atoms with Gasteiger partial charge in [-0.25, -0.2) is 9.59 Å². The van der Waals surface area contributed by atoms with Crippen molar-refractivity contribution in [2.45, 2.75) is 18.9 Å². The Labute approximate surface area is 121 Å². The summed E-state index contributed by atoms with van der Waals surface area (Å²) < 4.78 is 4.97. The number of methoxy groups -OCH3 is 1. The van der Waals surface area contributed by atoms with Gasteiger partial charge in [-0.1, -0.05) is 0 Å². The molecule has 1 rings (SSSR count). The quantitative estimate of drug-likeness (QED) is 0.583. The minimum absolute atomic E-state index is 0.0688. The maximum atomic E-state index is 11.7. The van der Waals surface area contributed by atoms with E-state index in [1.54, 1.807) is 24.3 Å². The minimum atomic E-state index is -1.24. The van der Waals surface area contributed by atoms with Gasteiger partial charge in [0.15, 0.2) is 0 Å². The number of primary amides is 1. The highest BCUT2D eigenvalue weighted by Crippen LogP contribution is 2.14. The number of carboxylic acid groups (broad SMARTS) is 1. The van der Waals surface area contributed by atoms with Crippen LogP contribution in [0.5, 0.6) is 5.75 Å². The van der Waals surface area contributed by atoms with Gasteiger partial charge >= 0.3 is 12.0 Å². The van der Waals surface area contributed by atoms with Crippen LogP contribution in [-0.4, -0.2) is 36.2 Å². The summed E-state index contributed by atoms with van der Waals surface area (Å²) in [4.78, 5) is 33.3. The highest BCUT2D eigenvalue weighted by Gasteiger charge is 2.20. The maximum absolute atomic E-state index is 11.7. The lowest BCUT2D eigenvalue weighted by atomic mass is 10.1. The summed E-state index contributed by atoms with van der Waals surface area (Å²) in [6, 6.07) is 4.65. The first-order chi connectivity index (χ1) is 9.92. The molecule has 8 heteroatoms. The molecule has 1 atom stereocenters. The second kappa shape index (κ2) is 7.73. The highest BCUT2D eigenvalue weighted by molar-refractivity contribution is 5.92. The molecule has 0 aliphatic rings. The number of amides is 3. The molecule has 1 aromatic carbocycles. The van der Waals surface area contributed by atoms with Crippen LogP contribution in [0.15, 0.2) is 24.3 Å². The third-order valence-electron chi connectivity index (χ3n) is 2.63. The number of anilines is 1. The van der Waals surface area contributed by atoms with Gasteiger partial charge in [-0.15, -0.1) is 0 Å². The number of hydrogen-bond donors (Lipinski definition) is 4. The molecule has 8 nitrogen and oxygen atoms in total. The van der Waals surface area contributed by atoms with Crippen LogP contribution >= 0.6 is 0 Å².